The number of nitrogens with zero attached hydrogens (tertiary/aromatic N) is 2. The number of nitrogens with one attached hydrogen (secondary N) is 1. The molecular weight excluding hydrogens is 280 g/mol. The van der Waals surface area contributed by atoms with Crippen LogP contribution in [0.4, 0.5) is 0 Å². The molecule has 6 nitrogen and oxygen atoms in total. The number of carbonyl (C=O) groups is 1. The second-order valence-electron chi connectivity index (χ2n) is 4.71. The van der Waals surface area contributed by atoms with Gasteiger partial charge in [0.2, 0.25) is 5.88 Å². The van der Waals surface area contributed by atoms with Crippen molar-refractivity contribution in [3.05, 3.63) is 23.1 Å². The Morgan fingerprint density at radius 2 is 2.30 bits per heavy atom. The van der Waals surface area contributed by atoms with Gasteiger partial charge in [-0.25, -0.2) is 9.97 Å². The highest BCUT2D eigenvalue weighted by molar-refractivity contribution is 6.44. The topological polar surface area (TPSA) is 93.9 Å². The number of H-pyrrole nitrogens is 1. The monoisotopic (exact) mass is 294 g/mol. The van der Waals surface area contributed by atoms with Crippen LogP contribution in [-0.4, -0.2) is 27.5 Å². The fourth-order valence-electron chi connectivity index (χ4n) is 1.63. The van der Waals surface area contributed by atoms with Crippen molar-refractivity contribution >= 4 is 34.6 Å². The van der Waals surface area contributed by atoms with Crippen molar-refractivity contribution in [2.24, 2.45) is 11.7 Å². The number of primary amides is 1. The van der Waals surface area contributed by atoms with Crippen LogP contribution in [0.5, 0.6) is 5.88 Å². The average molecular weight is 295 g/mol. The number of hydrogen-bond donors (Lipinski definition) is 2. The van der Waals surface area contributed by atoms with E-state index in [1.807, 2.05) is 13.8 Å². The number of fused-ring (bicyclic) bond motifs is 1. The number of aromatic nitrogens is 3. The maximum absolute atomic E-state index is 11.0. The number of amides is 1. The fraction of sp³-hybridized carbons (Fsp3) is 0.308. The van der Waals surface area contributed by atoms with Gasteiger partial charge < -0.3 is 15.5 Å². The van der Waals surface area contributed by atoms with E-state index in [-0.39, 0.29) is 5.03 Å². The van der Waals surface area contributed by atoms with Gasteiger partial charge in [-0.3, -0.25) is 4.79 Å². The zero-order valence-electron chi connectivity index (χ0n) is 11.2. The summed E-state index contributed by atoms with van der Waals surface area (Å²) in [6, 6.07) is 0. The van der Waals surface area contributed by atoms with Crippen molar-refractivity contribution < 1.29 is 9.53 Å². The van der Waals surface area contributed by atoms with E-state index in [0.717, 1.165) is 0 Å². The SMILES string of the molecule is CC(C)COc1ncnc2[nH]cc(C=C(Cl)C(N)=O)c12. The van der Waals surface area contributed by atoms with E-state index in [1.54, 1.807) is 6.20 Å². The van der Waals surface area contributed by atoms with Gasteiger partial charge in [0.25, 0.3) is 5.91 Å². The van der Waals surface area contributed by atoms with Gasteiger partial charge in [-0.1, -0.05) is 25.4 Å². The first kappa shape index (κ1) is 14.3. The summed E-state index contributed by atoms with van der Waals surface area (Å²) in [6.45, 7) is 4.62. The van der Waals surface area contributed by atoms with Gasteiger partial charge in [-0.05, 0) is 12.0 Å². The number of hydrogen-bond acceptors (Lipinski definition) is 4. The van der Waals surface area contributed by atoms with Gasteiger partial charge in [-0.2, -0.15) is 0 Å². The number of nitrogens with two attached hydrogens (primary N) is 1. The lowest BCUT2D eigenvalue weighted by Gasteiger charge is -2.08. The summed E-state index contributed by atoms with van der Waals surface area (Å²) in [4.78, 5) is 22.2. The normalized spacial score (nSPS) is 12.1. The highest BCUT2D eigenvalue weighted by Gasteiger charge is 2.13. The summed E-state index contributed by atoms with van der Waals surface area (Å²) in [5.74, 6) is 0.125. The van der Waals surface area contributed by atoms with Gasteiger partial charge in [0, 0.05) is 11.8 Å². The van der Waals surface area contributed by atoms with E-state index >= 15 is 0 Å². The number of carbonyl (C=O) groups excluding carboxylic acids is 1. The van der Waals surface area contributed by atoms with Crippen LogP contribution >= 0.6 is 11.6 Å². The molecule has 1 amide bonds. The number of aromatic amines is 1. The summed E-state index contributed by atoms with van der Waals surface area (Å²) in [5.41, 5.74) is 6.39. The lowest BCUT2D eigenvalue weighted by molar-refractivity contribution is -0.113. The molecule has 2 aromatic heterocycles. The fourth-order valence-corrected chi connectivity index (χ4v) is 1.75. The molecule has 0 aromatic carbocycles. The first-order valence-electron chi connectivity index (χ1n) is 6.11. The number of halogens is 1. The van der Waals surface area contributed by atoms with Crippen molar-refractivity contribution in [2.45, 2.75) is 13.8 Å². The highest BCUT2D eigenvalue weighted by atomic mass is 35.5. The van der Waals surface area contributed by atoms with Crippen LogP contribution in [0.15, 0.2) is 17.6 Å². The second-order valence-corrected chi connectivity index (χ2v) is 5.12. The van der Waals surface area contributed by atoms with Crippen LogP contribution in [0.1, 0.15) is 19.4 Å². The number of ether oxygens (including phenoxy) is 1. The average Bonchev–Trinajstić information content (AvgIpc) is 2.80. The summed E-state index contributed by atoms with van der Waals surface area (Å²) < 4.78 is 5.66. The minimum Gasteiger partial charge on any atom is -0.477 e. The minimum atomic E-state index is -0.692. The summed E-state index contributed by atoms with van der Waals surface area (Å²) in [5, 5.41) is 0.608. The van der Waals surface area contributed by atoms with Crippen LogP contribution in [-0.2, 0) is 4.79 Å². The molecule has 0 aliphatic rings. The molecule has 20 heavy (non-hydrogen) atoms. The molecule has 2 rings (SSSR count). The first-order valence-corrected chi connectivity index (χ1v) is 6.48. The Bertz CT molecular complexity index is 663. The maximum Gasteiger partial charge on any atom is 0.260 e. The summed E-state index contributed by atoms with van der Waals surface area (Å²) in [6.07, 6.45) is 4.55. The van der Waals surface area contributed by atoms with E-state index in [1.165, 1.54) is 12.4 Å². The van der Waals surface area contributed by atoms with Crippen molar-refractivity contribution in [1.29, 1.82) is 0 Å². The molecule has 0 saturated carbocycles. The zero-order chi connectivity index (χ0) is 14.7. The number of rotatable bonds is 5. The van der Waals surface area contributed by atoms with Crippen LogP contribution in [0.2, 0.25) is 0 Å². The van der Waals surface area contributed by atoms with Crippen LogP contribution in [0, 0.1) is 5.92 Å². The smallest absolute Gasteiger partial charge is 0.260 e. The molecule has 0 aliphatic carbocycles. The van der Waals surface area contributed by atoms with Crippen LogP contribution in [0.3, 0.4) is 0 Å². The Kier molecular flexibility index (Phi) is 4.24. The predicted molar refractivity (Wildman–Crippen MR) is 77.2 cm³/mol. The first-order chi connectivity index (χ1) is 9.49. The third-order valence-electron chi connectivity index (χ3n) is 2.54. The summed E-state index contributed by atoms with van der Waals surface area (Å²) in [7, 11) is 0. The molecule has 3 N–H and O–H groups in total. The lowest BCUT2D eigenvalue weighted by Crippen LogP contribution is -2.10. The van der Waals surface area contributed by atoms with Gasteiger partial charge >= 0.3 is 0 Å². The molecule has 0 fully saturated rings. The van der Waals surface area contributed by atoms with E-state index in [4.69, 9.17) is 22.1 Å². The molecule has 0 radical (unpaired) electrons. The molecule has 0 unspecified atom stereocenters. The molecule has 106 valence electrons. The highest BCUT2D eigenvalue weighted by Crippen LogP contribution is 2.27. The summed E-state index contributed by atoms with van der Waals surface area (Å²) >= 11 is 5.78. The molecule has 2 aromatic rings. The van der Waals surface area contributed by atoms with Crippen molar-refractivity contribution in [3.63, 3.8) is 0 Å². The molecule has 0 atom stereocenters. The van der Waals surface area contributed by atoms with Crippen molar-refractivity contribution in [3.8, 4) is 5.88 Å². The molecule has 0 bridgehead atoms. The van der Waals surface area contributed by atoms with Gasteiger partial charge in [0.1, 0.15) is 17.0 Å². The predicted octanol–water partition coefficient (Wildman–Crippen LogP) is 2.06. The molecule has 0 saturated heterocycles. The third kappa shape index (κ3) is 3.08. The third-order valence-corrected chi connectivity index (χ3v) is 2.83. The second kappa shape index (κ2) is 5.92. The van der Waals surface area contributed by atoms with E-state index in [2.05, 4.69) is 15.0 Å². The Morgan fingerprint density at radius 3 is 2.95 bits per heavy atom. The van der Waals surface area contributed by atoms with Gasteiger partial charge in [-0.15, -0.1) is 0 Å². The van der Waals surface area contributed by atoms with Crippen LogP contribution < -0.4 is 10.5 Å². The van der Waals surface area contributed by atoms with Gasteiger partial charge in [0.05, 0.1) is 12.0 Å². The molecule has 2 heterocycles. The lowest BCUT2D eigenvalue weighted by atomic mass is 10.2. The Labute approximate surface area is 121 Å². The minimum absolute atomic E-state index is 0.0652. The van der Waals surface area contributed by atoms with Crippen molar-refractivity contribution in [2.75, 3.05) is 6.61 Å². The Balaban J connectivity index is 2.46. The Hall–Kier alpha value is -2.08. The Morgan fingerprint density at radius 1 is 1.55 bits per heavy atom. The van der Waals surface area contributed by atoms with E-state index in [0.29, 0.717) is 35.0 Å². The zero-order valence-corrected chi connectivity index (χ0v) is 11.9. The van der Waals surface area contributed by atoms with Crippen molar-refractivity contribution in [1.82, 2.24) is 15.0 Å². The molecule has 7 heteroatoms. The van der Waals surface area contributed by atoms with Gasteiger partial charge in [0.15, 0.2) is 0 Å². The standard InChI is InChI=1S/C13H15ClN4O2/c1-7(2)5-20-13-10-8(3-9(14)11(15)19)4-16-12(10)17-6-18-13/h3-4,6-7H,5H2,1-2H3,(H2,15,19)(H,16,17,18). The largest absolute Gasteiger partial charge is 0.477 e. The van der Waals surface area contributed by atoms with E-state index in [9.17, 15) is 4.79 Å². The van der Waals surface area contributed by atoms with Crippen LogP contribution in [0.25, 0.3) is 17.1 Å². The quantitative estimate of drug-likeness (QED) is 0.825. The molecule has 0 aliphatic heterocycles. The van der Waals surface area contributed by atoms with E-state index < -0.39 is 5.91 Å². The molecule has 0 spiro atoms. The maximum atomic E-state index is 11.0. The molecular formula is C13H15ClN4O2.